The Kier molecular flexibility index (Phi) is 15.7. The molecule has 0 radical (unpaired) electrons. The number of para-hydroxylation sites is 2. The summed E-state index contributed by atoms with van der Waals surface area (Å²) in [6.07, 6.45) is 6.78. The molecule has 0 amide bonds. The molecule has 0 atom stereocenters. The molecule has 64 heavy (non-hydrogen) atoms. The van der Waals surface area contributed by atoms with Gasteiger partial charge in [0.15, 0.2) is 11.6 Å². The van der Waals surface area contributed by atoms with Gasteiger partial charge in [-0.15, -0.1) is 0 Å². The lowest BCUT2D eigenvalue weighted by atomic mass is 10.1. The Morgan fingerprint density at radius 3 is 1.45 bits per heavy atom. The molecule has 3 heterocycles. The Balaban J connectivity index is 0.000000371. The van der Waals surface area contributed by atoms with E-state index in [1.807, 2.05) is 108 Å². The van der Waals surface area contributed by atoms with Crippen molar-refractivity contribution in [2.45, 2.75) is 54.9 Å². The zero-order chi connectivity index (χ0) is 45.6. The molecule has 10 rings (SSSR count). The number of nitrogens with zero attached hydrogens (tertiary/aromatic N) is 5. The molecule has 0 N–H and O–H groups in total. The van der Waals surface area contributed by atoms with Gasteiger partial charge in [0.25, 0.3) is 0 Å². The van der Waals surface area contributed by atoms with Gasteiger partial charge in [-0.2, -0.15) is 9.97 Å². The van der Waals surface area contributed by atoms with Crippen molar-refractivity contribution < 1.29 is 0 Å². The fourth-order valence-electron chi connectivity index (χ4n) is 7.60. The van der Waals surface area contributed by atoms with E-state index in [-0.39, 0.29) is 0 Å². The van der Waals surface area contributed by atoms with Crippen molar-refractivity contribution in [2.24, 2.45) is 0 Å². The largest absolute Gasteiger partial charge is 0.309 e. The SMILES string of the molecule is C=C/C(=C/C)CC.C=CC(=C)C.CC.CC.c1ccc(-c2nc(-c3ccccc3)nc(-n3c4ccccc4c4cc5c6ccccc6n(-c6ccc7ccccc7c6)c5cc43)n2)cc1. The summed E-state index contributed by atoms with van der Waals surface area (Å²) in [4.78, 5) is 15.2. The third kappa shape index (κ3) is 9.70. The smallest absolute Gasteiger partial charge is 0.238 e. The van der Waals surface area contributed by atoms with Crippen LogP contribution in [-0.4, -0.2) is 24.1 Å². The summed E-state index contributed by atoms with van der Waals surface area (Å²) in [5.41, 5.74) is 9.73. The van der Waals surface area contributed by atoms with Gasteiger partial charge in [-0.25, -0.2) is 4.98 Å². The molecule has 0 saturated carbocycles. The van der Waals surface area contributed by atoms with Crippen LogP contribution in [0.2, 0.25) is 0 Å². The molecule has 320 valence electrons. The monoisotopic (exact) mass is 837 g/mol. The number of aromatic nitrogens is 5. The van der Waals surface area contributed by atoms with Crippen molar-refractivity contribution in [1.29, 1.82) is 0 Å². The van der Waals surface area contributed by atoms with Gasteiger partial charge in [0.1, 0.15) is 0 Å². The first-order valence-electron chi connectivity index (χ1n) is 22.3. The predicted octanol–water partition coefficient (Wildman–Crippen LogP) is 16.9. The van der Waals surface area contributed by atoms with Gasteiger partial charge in [0.2, 0.25) is 5.95 Å². The van der Waals surface area contributed by atoms with E-state index < -0.39 is 0 Å². The topological polar surface area (TPSA) is 48.5 Å². The van der Waals surface area contributed by atoms with Gasteiger partial charge in [0, 0.05) is 38.4 Å². The van der Waals surface area contributed by atoms with Crippen molar-refractivity contribution in [1.82, 2.24) is 24.1 Å². The lowest BCUT2D eigenvalue weighted by Gasteiger charge is -2.12. The van der Waals surface area contributed by atoms with E-state index in [4.69, 9.17) is 15.0 Å². The highest BCUT2D eigenvalue weighted by Gasteiger charge is 2.21. The molecule has 3 aromatic heterocycles. The number of allylic oxidation sites excluding steroid dienone is 5. The number of hydrogen-bond donors (Lipinski definition) is 0. The summed E-state index contributed by atoms with van der Waals surface area (Å²) >= 11 is 0. The van der Waals surface area contributed by atoms with Crippen molar-refractivity contribution in [3.63, 3.8) is 0 Å². The molecule has 5 nitrogen and oxygen atoms in total. The molecule has 0 aliphatic rings. The maximum absolute atomic E-state index is 5.14. The minimum absolute atomic E-state index is 0.585. The molecule has 0 saturated heterocycles. The molecule has 10 aromatic rings. The Hall–Kier alpha value is -7.63. The second-order valence-electron chi connectivity index (χ2n) is 14.6. The van der Waals surface area contributed by atoms with Crippen molar-refractivity contribution in [3.8, 4) is 34.4 Å². The van der Waals surface area contributed by atoms with E-state index in [1.54, 1.807) is 6.08 Å². The van der Waals surface area contributed by atoms with Crippen LogP contribution in [0.1, 0.15) is 54.9 Å². The van der Waals surface area contributed by atoms with Crippen molar-refractivity contribution >= 4 is 54.4 Å². The first-order valence-corrected chi connectivity index (χ1v) is 22.3. The third-order valence-corrected chi connectivity index (χ3v) is 10.7. The average molecular weight is 838 g/mol. The Bertz CT molecular complexity index is 3140. The molecule has 0 bridgehead atoms. The highest BCUT2D eigenvalue weighted by Crippen LogP contribution is 2.40. The van der Waals surface area contributed by atoms with Crippen LogP contribution < -0.4 is 0 Å². The molecule has 0 fully saturated rings. The first-order chi connectivity index (χ1) is 31.4. The van der Waals surface area contributed by atoms with E-state index in [2.05, 4.69) is 145 Å². The number of fused-ring (bicyclic) bond motifs is 7. The predicted molar refractivity (Wildman–Crippen MR) is 279 cm³/mol. The Morgan fingerprint density at radius 1 is 0.500 bits per heavy atom. The Morgan fingerprint density at radius 2 is 0.969 bits per heavy atom. The number of hydrogen-bond acceptors (Lipinski definition) is 3. The van der Waals surface area contributed by atoms with Crippen LogP contribution >= 0.6 is 0 Å². The normalized spacial score (nSPS) is 10.8. The zero-order valence-corrected chi connectivity index (χ0v) is 38.4. The summed E-state index contributed by atoms with van der Waals surface area (Å²) in [5, 5.41) is 7.17. The van der Waals surface area contributed by atoms with Crippen LogP contribution in [-0.2, 0) is 0 Å². The van der Waals surface area contributed by atoms with Crippen LogP contribution in [0, 0.1) is 0 Å². The van der Waals surface area contributed by atoms with Crippen LogP contribution in [0.25, 0.3) is 88.8 Å². The van der Waals surface area contributed by atoms with Crippen molar-refractivity contribution in [3.05, 3.63) is 213 Å². The quantitative estimate of drug-likeness (QED) is 0.150. The lowest BCUT2D eigenvalue weighted by Crippen LogP contribution is -2.06. The minimum Gasteiger partial charge on any atom is -0.309 e. The maximum Gasteiger partial charge on any atom is 0.238 e. The molecule has 5 heteroatoms. The maximum atomic E-state index is 5.14. The molecule has 7 aromatic carbocycles. The van der Waals surface area contributed by atoms with Crippen LogP contribution in [0.3, 0.4) is 0 Å². The highest BCUT2D eigenvalue weighted by atomic mass is 15.2. The number of benzene rings is 7. The second kappa shape index (κ2) is 21.9. The van der Waals surface area contributed by atoms with Crippen LogP contribution in [0.15, 0.2) is 213 Å². The molecule has 0 spiro atoms. The molecule has 0 unspecified atom stereocenters. The van der Waals surface area contributed by atoms with Crippen LogP contribution in [0.4, 0.5) is 0 Å². The summed E-state index contributed by atoms with van der Waals surface area (Å²) in [5.74, 6) is 1.86. The zero-order valence-electron chi connectivity index (χ0n) is 38.4. The first kappa shape index (κ1) is 45.9. The van der Waals surface area contributed by atoms with Gasteiger partial charge in [0.05, 0.1) is 22.1 Å². The third-order valence-electron chi connectivity index (χ3n) is 10.7. The minimum atomic E-state index is 0.585. The fraction of sp³-hybridized carbons (Fsp3) is 0.136. The highest BCUT2D eigenvalue weighted by molar-refractivity contribution is 6.19. The summed E-state index contributed by atoms with van der Waals surface area (Å²) < 4.78 is 4.59. The molecular weight excluding hydrogens is 779 g/mol. The Labute approximate surface area is 379 Å². The fourth-order valence-corrected chi connectivity index (χ4v) is 7.60. The summed E-state index contributed by atoms with van der Waals surface area (Å²) in [6.45, 7) is 24.7. The average Bonchev–Trinajstić information content (AvgIpc) is 3.87. The van der Waals surface area contributed by atoms with E-state index >= 15 is 0 Å². The van der Waals surface area contributed by atoms with E-state index in [9.17, 15) is 0 Å². The number of rotatable bonds is 7. The van der Waals surface area contributed by atoms with E-state index in [0.717, 1.165) is 56.1 Å². The van der Waals surface area contributed by atoms with E-state index in [1.165, 1.54) is 32.6 Å². The second-order valence-corrected chi connectivity index (χ2v) is 14.6. The summed E-state index contributed by atoms with van der Waals surface area (Å²) in [6, 6.07) is 57.4. The van der Waals surface area contributed by atoms with Gasteiger partial charge >= 0.3 is 0 Å². The van der Waals surface area contributed by atoms with Gasteiger partial charge in [-0.3, -0.25) is 4.57 Å². The van der Waals surface area contributed by atoms with Gasteiger partial charge in [-0.1, -0.05) is 211 Å². The lowest BCUT2D eigenvalue weighted by molar-refractivity contribution is 0.953. The van der Waals surface area contributed by atoms with Crippen molar-refractivity contribution in [2.75, 3.05) is 0 Å². The van der Waals surface area contributed by atoms with E-state index in [0.29, 0.717) is 17.6 Å². The van der Waals surface area contributed by atoms with Crippen LogP contribution in [0.5, 0.6) is 0 Å². The van der Waals surface area contributed by atoms with Gasteiger partial charge in [-0.05, 0) is 67.4 Å². The van der Waals surface area contributed by atoms with Gasteiger partial charge < -0.3 is 4.57 Å². The molecule has 0 aliphatic heterocycles. The molecular formula is C59H59N5. The molecule has 0 aliphatic carbocycles. The summed E-state index contributed by atoms with van der Waals surface area (Å²) in [7, 11) is 0. The standard InChI is InChI=1S/C43H27N5.C7H12.C5H8.2C2H6/c1-3-14-29(15-4-1)41-44-42(30-16-5-2-6-17-30)46-43(45-41)48-38-22-12-10-20-34(38)36-26-35-33-19-9-11-21-37(33)47(39(35)27-40(36)48)32-24-23-28-13-7-8-18-31(28)25-32;1-4-7(5-2)6-3;1-4-5(2)3;2*1-2/h1-27H;4-5H,1,6H2,2-3H3;4H,1-2H2,3H3;2*1-2H3/b;7-5-;;;.